The van der Waals surface area contributed by atoms with Crippen LogP contribution in [-0.4, -0.2) is 38.3 Å². The Kier molecular flexibility index (Phi) is 23.2. The Morgan fingerprint density at radius 3 is 1.93 bits per heavy atom. The molecule has 0 aliphatic rings. The first-order valence-electron chi connectivity index (χ1n) is 12.9. The van der Waals surface area contributed by atoms with E-state index in [4.69, 9.17) is 4.74 Å². The summed E-state index contributed by atoms with van der Waals surface area (Å²) in [6.07, 6.45) is 19.5. The van der Waals surface area contributed by atoms with Gasteiger partial charge in [-0.15, -0.1) is 0 Å². The van der Waals surface area contributed by atoms with E-state index in [1.165, 1.54) is 70.6 Å². The molecule has 0 bridgehead atoms. The molecule has 0 aliphatic carbocycles. The van der Waals surface area contributed by atoms with Gasteiger partial charge in [0.05, 0.1) is 6.61 Å². The van der Waals surface area contributed by atoms with Crippen LogP contribution in [0.1, 0.15) is 124 Å². The fourth-order valence-corrected chi connectivity index (χ4v) is 3.57. The Labute approximate surface area is 182 Å². The lowest BCUT2D eigenvalue weighted by molar-refractivity contribution is -0.146. The Morgan fingerprint density at radius 1 is 0.690 bits per heavy atom. The second-order valence-electron chi connectivity index (χ2n) is 8.41. The van der Waals surface area contributed by atoms with Crippen LogP contribution in [-0.2, 0) is 9.53 Å². The van der Waals surface area contributed by atoms with E-state index in [0.29, 0.717) is 6.61 Å². The molecular weight excluding hydrogens is 360 g/mol. The summed E-state index contributed by atoms with van der Waals surface area (Å²) in [5, 5.41) is 6.80. The number of carbonyl (C=O) groups excluding carboxylic acids is 1. The van der Waals surface area contributed by atoms with Crippen LogP contribution in [0.15, 0.2) is 0 Å². The van der Waals surface area contributed by atoms with Crippen molar-refractivity contribution in [2.45, 2.75) is 130 Å². The molecule has 174 valence electrons. The van der Waals surface area contributed by atoms with Crippen molar-refractivity contribution in [1.29, 1.82) is 0 Å². The minimum absolute atomic E-state index is 0.0299. The predicted molar refractivity (Wildman–Crippen MR) is 127 cm³/mol. The average Bonchev–Trinajstić information content (AvgIpc) is 2.73. The van der Waals surface area contributed by atoms with Gasteiger partial charge in [-0.3, -0.25) is 4.79 Å². The molecule has 0 saturated carbocycles. The summed E-state index contributed by atoms with van der Waals surface area (Å²) in [5.41, 5.74) is 0. The third kappa shape index (κ3) is 20.4. The quantitative estimate of drug-likeness (QED) is 0.151. The van der Waals surface area contributed by atoms with Gasteiger partial charge in [-0.2, -0.15) is 0 Å². The summed E-state index contributed by atoms with van der Waals surface area (Å²) in [6.45, 7) is 10.3. The molecule has 0 spiro atoms. The number of rotatable bonds is 23. The summed E-state index contributed by atoms with van der Waals surface area (Å²) in [5.74, 6) is -0.0299. The topological polar surface area (TPSA) is 50.4 Å². The van der Waals surface area contributed by atoms with Gasteiger partial charge in [0.25, 0.3) is 0 Å². The lowest BCUT2D eigenvalue weighted by Gasteiger charge is -2.17. The molecule has 0 aromatic heterocycles. The number of nitrogens with one attached hydrogen (secondary N) is 2. The van der Waals surface area contributed by atoms with E-state index < -0.39 is 0 Å². The zero-order valence-electron chi connectivity index (χ0n) is 20.0. The second-order valence-corrected chi connectivity index (χ2v) is 8.41. The molecule has 0 aliphatic heterocycles. The first-order valence-corrected chi connectivity index (χ1v) is 12.9. The molecular formula is C25H52N2O2. The molecule has 4 heteroatoms. The minimum atomic E-state index is -0.108. The monoisotopic (exact) mass is 412 g/mol. The van der Waals surface area contributed by atoms with Crippen molar-refractivity contribution in [2.24, 2.45) is 0 Å². The smallest absolute Gasteiger partial charge is 0.323 e. The Balaban J connectivity index is 3.81. The number of carbonyl (C=O) groups is 1. The Hall–Kier alpha value is -0.610. The van der Waals surface area contributed by atoms with Crippen LogP contribution in [0.4, 0.5) is 0 Å². The second kappa shape index (κ2) is 23.7. The van der Waals surface area contributed by atoms with E-state index in [-0.39, 0.29) is 12.0 Å². The van der Waals surface area contributed by atoms with Gasteiger partial charge >= 0.3 is 5.97 Å². The maximum Gasteiger partial charge on any atom is 0.323 e. The lowest BCUT2D eigenvalue weighted by atomic mass is 10.0. The van der Waals surface area contributed by atoms with E-state index in [1.807, 2.05) is 0 Å². The molecule has 0 radical (unpaired) electrons. The number of ether oxygens (including phenoxy) is 1. The van der Waals surface area contributed by atoms with Crippen LogP contribution in [0, 0.1) is 0 Å². The van der Waals surface area contributed by atoms with Crippen molar-refractivity contribution in [2.75, 3.05) is 26.2 Å². The van der Waals surface area contributed by atoms with Gasteiger partial charge in [-0.05, 0) is 45.3 Å². The standard InChI is InChI=1S/C25H52N2O2/c1-4-7-9-10-11-14-17-20-24(27-22-8-5-2)25(28)29-23-19-16-13-12-15-18-21-26-6-3/h24,26-27H,4-23H2,1-3H3. The molecule has 4 nitrogen and oxygen atoms in total. The van der Waals surface area contributed by atoms with Crippen LogP contribution in [0.3, 0.4) is 0 Å². The summed E-state index contributed by atoms with van der Waals surface area (Å²) in [6, 6.07) is -0.108. The van der Waals surface area contributed by atoms with Crippen LogP contribution >= 0.6 is 0 Å². The van der Waals surface area contributed by atoms with Gasteiger partial charge in [-0.1, -0.05) is 97.8 Å². The van der Waals surface area contributed by atoms with Gasteiger partial charge in [-0.25, -0.2) is 0 Å². The maximum atomic E-state index is 12.5. The first kappa shape index (κ1) is 28.4. The van der Waals surface area contributed by atoms with E-state index in [1.54, 1.807) is 0 Å². The van der Waals surface area contributed by atoms with Crippen molar-refractivity contribution in [3.63, 3.8) is 0 Å². The Bertz CT molecular complexity index is 337. The molecule has 0 aromatic carbocycles. The highest BCUT2D eigenvalue weighted by molar-refractivity contribution is 5.75. The van der Waals surface area contributed by atoms with Crippen LogP contribution in [0.2, 0.25) is 0 Å². The zero-order chi connectivity index (χ0) is 21.4. The summed E-state index contributed by atoms with van der Waals surface area (Å²) in [4.78, 5) is 12.5. The molecule has 0 rings (SSSR count). The van der Waals surface area contributed by atoms with E-state index >= 15 is 0 Å². The number of hydrogen-bond donors (Lipinski definition) is 2. The van der Waals surface area contributed by atoms with Crippen molar-refractivity contribution < 1.29 is 9.53 Å². The maximum absolute atomic E-state index is 12.5. The molecule has 1 atom stereocenters. The van der Waals surface area contributed by atoms with Gasteiger partial charge in [0.15, 0.2) is 0 Å². The Morgan fingerprint density at radius 2 is 1.28 bits per heavy atom. The van der Waals surface area contributed by atoms with Crippen molar-refractivity contribution >= 4 is 5.97 Å². The van der Waals surface area contributed by atoms with Crippen LogP contribution in [0.25, 0.3) is 0 Å². The van der Waals surface area contributed by atoms with Gasteiger partial charge in [0, 0.05) is 0 Å². The largest absolute Gasteiger partial charge is 0.465 e. The van der Waals surface area contributed by atoms with Gasteiger partial charge < -0.3 is 15.4 Å². The molecule has 0 saturated heterocycles. The lowest BCUT2D eigenvalue weighted by Crippen LogP contribution is -2.38. The third-order valence-corrected chi connectivity index (χ3v) is 5.54. The van der Waals surface area contributed by atoms with E-state index in [9.17, 15) is 4.79 Å². The van der Waals surface area contributed by atoms with Crippen molar-refractivity contribution in [3.05, 3.63) is 0 Å². The number of unbranched alkanes of at least 4 members (excludes halogenated alkanes) is 12. The molecule has 0 aromatic rings. The highest BCUT2D eigenvalue weighted by Gasteiger charge is 2.18. The van der Waals surface area contributed by atoms with Gasteiger partial charge in [0.2, 0.25) is 0 Å². The van der Waals surface area contributed by atoms with Gasteiger partial charge in [0.1, 0.15) is 6.04 Å². The SMILES string of the molecule is CCCCCCCCCC(NCCCC)C(=O)OCCCCCCCCNCC. The molecule has 0 heterocycles. The van der Waals surface area contributed by atoms with Crippen LogP contribution < -0.4 is 10.6 Å². The summed E-state index contributed by atoms with van der Waals surface area (Å²) < 4.78 is 5.59. The molecule has 0 amide bonds. The van der Waals surface area contributed by atoms with Crippen molar-refractivity contribution in [1.82, 2.24) is 10.6 Å². The number of hydrogen-bond acceptors (Lipinski definition) is 4. The summed E-state index contributed by atoms with van der Waals surface area (Å²) in [7, 11) is 0. The van der Waals surface area contributed by atoms with Crippen LogP contribution in [0.5, 0.6) is 0 Å². The molecule has 1 unspecified atom stereocenters. The predicted octanol–water partition coefficient (Wildman–Crippen LogP) is 6.38. The highest BCUT2D eigenvalue weighted by Crippen LogP contribution is 2.11. The van der Waals surface area contributed by atoms with E-state index in [0.717, 1.165) is 51.7 Å². The summed E-state index contributed by atoms with van der Waals surface area (Å²) >= 11 is 0. The normalized spacial score (nSPS) is 12.2. The highest BCUT2D eigenvalue weighted by atomic mass is 16.5. The molecule has 0 fully saturated rings. The molecule has 29 heavy (non-hydrogen) atoms. The van der Waals surface area contributed by atoms with Crippen molar-refractivity contribution in [3.8, 4) is 0 Å². The van der Waals surface area contributed by atoms with E-state index in [2.05, 4.69) is 31.4 Å². The fourth-order valence-electron chi connectivity index (χ4n) is 3.57. The minimum Gasteiger partial charge on any atom is -0.465 e. The zero-order valence-corrected chi connectivity index (χ0v) is 20.0. The fraction of sp³-hybridized carbons (Fsp3) is 0.960. The third-order valence-electron chi connectivity index (χ3n) is 5.54. The molecule has 2 N–H and O–H groups in total. The number of esters is 1. The first-order chi connectivity index (χ1) is 14.3. The average molecular weight is 413 g/mol.